The maximum absolute atomic E-state index is 12.8. The van der Waals surface area contributed by atoms with Gasteiger partial charge in [0.15, 0.2) is 11.5 Å². The lowest BCUT2D eigenvalue weighted by Gasteiger charge is -2.32. The summed E-state index contributed by atoms with van der Waals surface area (Å²) < 4.78 is 12.7. The fourth-order valence-electron chi connectivity index (χ4n) is 4.23. The number of nitrogens with one attached hydrogen (secondary N) is 1. The second kappa shape index (κ2) is 10.4. The molecule has 1 saturated heterocycles. The highest BCUT2D eigenvalue weighted by Gasteiger charge is 2.24. The van der Waals surface area contributed by atoms with Gasteiger partial charge in [0.2, 0.25) is 0 Å². The lowest BCUT2D eigenvalue weighted by atomic mass is 10.0. The number of amides is 1. The Morgan fingerprint density at radius 2 is 1.94 bits per heavy atom. The van der Waals surface area contributed by atoms with E-state index in [9.17, 15) is 9.90 Å². The van der Waals surface area contributed by atoms with Gasteiger partial charge in [-0.25, -0.2) is 4.68 Å². The van der Waals surface area contributed by atoms with E-state index < -0.39 is 0 Å². The van der Waals surface area contributed by atoms with Crippen LogP contribution in [0.2, 0.25) is 0 Å². The van der Waals surface area contributed by atoms with Crippen LogP contribution in [-0.2, 0) is 6.54 Å². The molecule has 1 fully saturated rings. The van der Waals surface area contributed by atoms with E-state index in [1.54, 1.807) is 31.5 Å². The molecule has 8 heteroatoms. The number of phenolic OH excluding ortho intramolecular Hbond substituents is 1. The van der Waals surface area contributed by atoms with Crippen molar-refractivity contribution in [1.82, 2.24) is 14.7 Å². The van der Waals surface area contributed by atoms with Crippen molar-refractivity contribution in [2.75, 3.05) is 32.1 Å². The number of aromatic nitrogens is 2. The number of carbonyl (C=O) groups is 1. The van der Waals surface area contributed by atoms with Crippen LogP contribution in [0.25, 0.3) is 0 Å². The van der Waals surface area contributed by atoms with Crippen LogP contribution in [-0.4, -0.2) is 52.5 Å². The van der Waals surface area contributed by atoms with Crippen molar-refractivity contribution in [3.63, 3.8) is 0 Å². The van der Waals surface area contributed by atoms with E-state index in [1.807, 2.05) is 41.9 Å². The van der Waals surface area contributed by atoms with Crippen LogP contribution in [0.1, 0.15) is 41.7 Å². The Morgan fingerprint density at radius 3 is 2.70 bits per heavy atom. The average molecular weight is 451 g/mol. The molecule has 2 aromatic carbocycles. The number of piperidine rings is 1. The summed E-state index contributed by atoms with van der Waals surface area (Å²) in [4.78, 5) is 15.2. The van der Waals surface area contributed by atoms with Crippen molar-refractivity contribution in [3.05, 3.63) is 65.9 Å². The third-order valence-corrected chi connectivity index (χ3v) is 5.90. The number of nitrogens with zero attached hydrogens (tertiary/aromatic N) is 3. The first-order chi connectivity index (χ1) is 16.1. The number of carbonyl (C=O) groups excluding carboxylic acids is 1. The highest BCUT2D eigenvalue weighted by molar-refractivity contribution is 6.05. The van der Waals surface area contributed by atoms with Gasteiger partial charge < -0.3 is 19.9 Å². The predicted octanol–water partition coefficient (Wildman–Crippen LogP) is 4.09. The third-order valence-electron chi connectivity index (χ3n) is 5.90. The maximum atomic E-state index is 12.8. The van der Waals surface area contributed by atoms with Crippen LogP contribution in [0, 0.1) is 0 Å². The topological polar surface area (TPSA) is 88.9 Å². The summed E-state index contributed by atoms with van der Waals surface area (Å²) in [5.74, 6) is 1.70. The van der Waals surface area contributed by atoms with Gasteiger partial charge in [-0.15, -0.1) is 0 Å². The number of hydrogen-bond acceptors (Lipinski definition) is 6. The molecule has 0 unspecified atom stereocenters. The second-order valence-corrected chi connectivity index (χ2v) is 8.06. The smallest absolute Gasteiger partial charge is 0.260 e. The van der Waals surface area contributed by atoms with Crippen LogP contribution in [0.15, 0.2) is 54.7 Å². The van der Waals surface area contributed by atoms with Gasteiger partial charge in [0.25, 0.3) is 5.91 Å². The Bertz CT molecular complexity index is 1090. The van der Waals surface area contributed by atoms with Crippen molar-refractivity contribution in [2.45, 2.75) is 32.4 Å². The first-order valence-electron chi connectivity index (χ1n) is 11.2. The number of benzene rings is 2. The van der Waals surface area contributed by atoms with Crippen LogP contribution in [0.3, 0.4) is 0 Å². The Kier molecular flexibility index (Phi) is 7.14. The van der Waals surface area contributed by atoms with Gasteiger partial charge >= 0.3 is 0 Å². The van der Waals surface area contributed by atoms with Crippen molar-refractivity contribution in [3.8, 4) is 17.2 Å². The molecule has 174 valence electrons. The summed E-state index contributed by atoms with van der Waals surface area (Å²) >= 11 is 0. The summed E-state index contributed by atoms with van der Waals surface area (Å²) in [6.45, 7) is 5.04. The van der Waals surface area contributed by atoms with Gasteiger partial charge in [-0.2, -0.15) is 5.10 Å². The van der Waals surface area contributed by atoms with E-state index >= 15 is 0 Å². The minimum Gasteiger partial charge on any atom is -0.504 e. The Morgan fingerprint density at radius 1 is 1.15 bits per heavy atom. The van der Waals surface area contributed by atoms with Crippen molar-refractivity contribution >= 4 is 11.7 Å². The zero-order chi connectivity index (χ0) is 23.2. The van der Waals surface area contributed by atoms with Gasteiger partial charge in [-0.3, -0.25) is 9.69 Å². The number of rotatable bonds is 8. The molecule has 33 heavy (non-hydrogen) atoms. The number of aromatic hydroxyl groups is 1. The lowest BCUT2D eigenvalue weighted by molar-refractivity contribution is 0.102. The van der Waals surface area contributed by atoms with E-state index in [2.05, 4.69) is 15.3 Å². The fourth-order valence-corrected chi connectivity index (χ4v) is 4.23. The molecule has 1 aliphatic heterocycles. The predicted molar refractivity (Wildman–Crippen MR) is 126 cm³/mol. The number of phenols is 1. The second-order valence-electron chi connectivity index (χ2n) is 8.06. The molecular weight excluding hydrogens is 420 g/mol. The summed E-state index contributed by atoms with van der Waals surface area (Å²) in [7, 11) is 1.56. The molecule has 0 bridgehead atoms. The van der Waals surface area contributed by atoms with Crippen molar-refractivity contribution in [2.24, 2.45) is 0 Å². The summed E-state index contributed by atoms with van der Waals surface area (Å²) in [6.07, 6.45) is 3.57. The molecule has 4 rings (SSSR count). The zero-order valence-electron chi connectivity index (χ0n) is 19.0. The summed E-state index contributed by atoms with van der Waals surface area (Å²) in [5.41, 5.74) is 1.60. The first-order valence-corrected chi connectivity index (χ1v) is 11.2. The summed E-state index contributed by atoms with van der Waals surface area (Å²) in [6, 6.07) is 14.7. The van der Waals surface area contributed by atoms with Gasteiger partial charge in [0.05, 0.1) is 31.5 Å². The molecule has 8 nitrogen and oxygen atoms in total. The van der Waals surface area contributed by atoms with Gasteiger partial charge in [0, 0.05) is 25.7 Å². The van der Waals surface area contributed by atoms with Crippen LogP contribution >= 0.6 is 0 Å². The van der Waals surface area contributed by atoms with Crippen molar-refractivity contribution in [1.29, 1.82) is 0 Å². The quantitative estimate of drug-likeness (QED) is 0.538. The molecule has 1 aromatic heterocycles. The van der Waals surface area contributed by atoms with E-state index in [0.717, 1.165) is 38.0 Å². The molecule has 3 aromatic rings. The molecule has 0 atom stereocenters. The van der Waals surface area contributed by atoms with Crippen LogP contribution in [0.5, 0.6) is 17.2 Å². The molecule has 0 radical (unpaired) electrons. The van der Waals surface area contributed by atoms with Crippen LogP contribution in [0.4, 0.5) is 5.82 Å². The normalized spacial score (nSPS) is 14.7. The van der Waals surface area contributed by atoms with Gasteiger partial charge in [-0.05, 0) is 49.6 Å². The van der Waals surface area contributed by atoms with Gasteiger partial charge in [0.1, 0.15) is 11.6 Å². The maximum Gasteiger partial charge on any atom is 0.260 e. The number of methoxy groups -OCH3 is 1. The summed E-state index contributed by atoms with van der Waals surface area (Å²) in [5, 5.41) is 17.4. The highest BCUT2D eigenvalue weighted by atomic mass is 16.5. The molecule has 1 amide bonds. The molecule has 2 heterocycles. The van der Waals surface area contributed by atoms with Crippen molar-refractivity contribution < 1.29 is 19.4 Å². The lowest BCUT2D eigenvalue weighted by Crippen LogP contribution is -2.35. The standard InChI is InChI=1S/C25H30N4O4/c1-3-33-23-16-18(8-9-21(23)30)17-28-14-11-19(12-15-28)29-24(10-13-26-29)27-25(31)20-6-4-5-7-22(20)32-2/h4-10,13,16,19,30H,3,11-12,14-15,17H2,1-2H3,(H,27,31). The minimum absolute atomic E-state index is 0.167. The highest BCUT2D eigenvalue weighted by Crippen LogP contribution is 2.30. The van der Waals surface area contributed by atoms with E-state index in [1.165, 1.54) is 0 Å². The number of anilines is 1. The monoisotopic (exact) mass is 450 g/mol. The molecule has 0 spiro atoms. The number of ether oxygens (including phenoxy) is 2. The Hall–Kier alpha value is -3.52. The Labute approximate surface area is 193 Å². The molecular formula is C25H30N4O4. The van der Waals surface area contributed by atoms with E-state index in [0.29, 0.717) is 29.5 Å². The Balaban J connectivity index is 1.37. The largest absolute Gasteiger partial charge is 0.504 e. The number of para-hydroxylation sites is 1. The van der Waals surface area contributed by atoms with E-state index in [-0.39, 0.29) is 17.7 Å². The number of likely N-dealkylation sites (tertiary alicyclic amines) is 1. The average Bonchev–Trinajstić information content (AvgIpc) is 3.30. The molecule has 1 aliphatic rings. The first kappa shape index (κ1) is 22.7. The molecule has 2 N–H and O–H groups in total. The zero-order valence-corrected chi connectivity index (χ0v) is 19.0. The minimum atomic E-state index is -0.218. The SMILES string of the molecule is CCOc1cc(CN2CCC(n3nccc3NC(=O)c3ccccc3OC)CC2)ccc1O. The van der Waals surface area contributed by atoms with Crippen LogP contribution < -0.4 is 14.8 Å². The molecule has 0 aliphatic carbocycles. The number of hydrogen-bond donors (Lipinski definition) is 2. The molecule has 0 saturated carbocycles. The van der Waals surface area contributed by atoms with Gasteiger partial charge in [-0.1, -0.05) is 18.2 Å². The fraction of sp³-hybridized carbons (Fsp3) is 0.360. The third kappa shape index (κ3) is 5.28. The van der Waals surface area contributed by atoms with E-state index in [4.69, 9.17) is 9.47 Å².